The molecule has 0 amide bonds. The summed E-state index contributed by atoms with van der Waals surface area (Å²) in [7, 11) is 0. The average Bonchev–Trinajstić information content (AvgIpc) is 3.43. The van der Waals surface area contributed by atoms with Crippen LogP contribution in [0, 0.1) is 5.82 Å². The van der Waals surface area contributed by atoms with Crippen molar-refractivity contribution in [3.63, 3.8) is 0 Å². The minimum atomic E-state index is -0.119. The number of allylic oxidation sites excluding steroid dienone is 1. The van der Waals surface area contributed by atoms with E-state index in [1.807, 2.05) is 31.2 Å². The van der Waals surface area contributed by atoms with E-state index in [-0.39, 0.29) is 5.82 Å². The summed E-state index contributed by atoms with van der Waals surface area (Å²) in [5.41, 5.74) is 3.80. The first-order valence-corrected chi connectivity index (χ1v) is 8.44. The molecule has 128 valence electrons. The van der Waals surface area contributed by atoms with E-state index in [1.165, 1.54) is 5.56 Å². The lowest BCUT2D eigenvalue weighted by molar-refractivity contribution is 0.611. The molecule has 25 heavy (non-hydrogen) atoms. The van der Waals surface area contributed by atoms with Crippen LogP contribution in [0.4, 0.5) is 4.39 Å². The van der Waals surface area contributed by atoms with Crippen molar-refractivity contribution in [1.29, 1.82) is 0 Å². The predicted octanol–water partition coefficient (Wildman–Crippen LogP) is 4.23. The van der Waals surface area contributed by atoms with Crippen molar-refractivity contribution in [2.24, 2.45) is 9.98 Å². The molecule has 1 saturated carbocycles. The third-order valence-electron chi connectivity index (χ3n) is 4.43. The number of rotatable bonds is 7. The molecule has 5 heteroatoms. The predicted molar refractivity (Wildman–Crippen MR) is 98.8 cm³/mol. The first-order valence-electron chi connectivity index (χ1n) is 8.44. The van der Waals surface area contributed by atoms with E-state index < -0.39 is 0 Å². The zero-order valence-corrected chi connectivity index (χ0v) is 14.3. The second-order valence-corrected chi connectivity index (χ2v) is 6.12. The van der Waals surface area contributed by atoms with E-state index in [2.05, 4.69) is 26.9 Å². The Hall–Kier alpha value is -2.69. The molecule has 2 aromatic rings. The second kappa shape index (κ2) is 7.92. The summed E-state index contributed by atoms with van der Waals surface area (Å²) in [6.45, 7) is 5.81. The monoisotopic (exact) mass is 336 g/mol. The lowest BCUT2D eigenvalue weighted by atomic mass is 10.0. The molecule has 1 aliphatic carbocycles. The summed E-state index contributed by atoms with van der Waals surface area (Å²) in [5.74, 6) is 0.675. The number of aryl methyl sites for hydroxylation is 1. The van der Waals surface area contributed by atoms with Gasteiger partial charge in [-0.25, -0.2) is 4.39 Å². The van der Waals surface area contributed by atoms with Gasteiger partial charge in [0.1, 0.15) is 5.82 Å². The van der Waals surface area contributed by atoms with Crippen molar-refractivity contribution in [2.75, 3.05) is 0 Å². The molecule has 2 unspecified atom stereocenters. The van der Waals surface area contributed by atoms with Crippen molar-refractivity contribution >= 4 is 12.9 Å². The van der Waals surface area contributed by atoms with Crippen molar-refractivity contribution in [3.8, 4) is 0 Å². The van der Waals surface area contributed by atoms with Crippen LogP contribution in [0.5, 0.6) is 0 Å². The summed E-state index contributed by atoms with van der Waals surface area (Å²) >= 11 is 0. The SMILES string of the molecule is C=N/C=C\C=N/Cc1ccc(C2CC2c2ccc(F)c(CC)c2)nn1. The minimum Gasteiger partial charge on any atom is -0.287 e. The van der Waals surface area contributed by atoms with Gasteiger partial charge in [0.25, 0.3) is 0 Å². The highest BCUT2D eigenvalue weighted by Crippen LogP contribution is 2.54. The van der Waals surface area contributed by atoms with Crippen molar-refractivity contribution in [1.82, 2.24) is 10.2 Å². The Labute approximate surface area is 147 Å². The van der Waals surface area contributed by atoms with Crippen molar-refractivity contribution in [2.45, 2.75) is 38.1 Å². The molecule has 0 spiro atoms. The Kier molecular flexibility index (Phi) is 5.43. The van der Waals surface area contributed by atoms with Gasteiger partial charge < -0.3 is 0 Å². The minimum absolute atomic E-state index is 0.119. The Morgan fingerprint density at radius 3 is 2.84 bits per heavy atom. The molecule has 0 aliphatic heterocycles. The number of hydrogen-bond acceptors (Lipinski definition) is 4. The summed E-state index contributed by atoms with van der Waals surface area (Å²) in [6, 6.07) is 9.44. The van der Waals surface area contributed by atoms with Crippen LogP contribution in [0.3, 0.4) is 0 Å². The number of benzene rings is 1. The molecule has 4 nitrogen and oxygen atoms in total. The van der Waals surface area contributed by atoms with E-state index in [4.69, 9.17) is 0 Å². The molecule has 1 aromatic heterocycles. The lowest BCUT2D eigenvalue weighted by Crippen LogP contribution is -1.97. The highest BCUT2D eigenvalue weighted by molar-refractivity contribution is 5.70. The van der Waals surface area contributed by atoms with Gasteiger partial charge in [-0.2, -0.15) is 10.2 Å². The van der Waals surface area contributed by atoms with Crippen LogP contribution in [-0.4, -0.2) is 23.1 Å². The maximum absolute atomic E-state index is 13.6. The molecule has 0 saturated heterocycles. The molecule has 0 bridgehead atoms. The molecule has 1 heterocycles. The molecule has 2 atom stereocenters. The van der Waals surface area contributed by atoms with Crippen LogP contribution in [-0.2, 0) is 13.0 Å². The van der Waals surface area contributed by atoms with Gasteiger partial charge in [0.05, 0.1) is 17.9 Å². The van der Waals surface area contributed by atoms with Gasteiger partial charge in [0.2, 0.25) is 0 Å². The third kappa shape index (κ3) is 4.24. The smallest absolute Gasteiger partial charge is 0.126 e. The number of hydrogen-bond donors (Lipinski definition) is 0. The highest BCUT2D eigenvalue weighted by Gasteiger charge is 2.41. The van der Waals surface area contributed by atoms with Gasteiger partial charge in [-0.05, 0) is 60.9 Å². The van der Waals surface area contributed by atoms with Crippen LogP contribution in [0.25, 0.3) is 0 Å². The van der Waals surface area contributed by atoms with Crippen LogP contribution in [0.1, 0.15) is 47.7 Å². The average molecular weight is 336 g/mol. The molecule has 1 fully saturated rings. The van der Waals surface area contributed by atoms with Gasteiger partial charge in [0.15, 0.2) is 0 Å². The van der Waals surface area contributed by atoms with Gasteiger partial charge in [-0.15, -0.1) is 0 Å². The van der Waals surface area contributed by atoms with E-state index >= 15 is 0 Å². The largest absolute Gasteiger partial charge is 0.287 e. The first kappa shape index (κ1) is 17.1. The van der Waals surface area contributed by atoms with Crippen LogP contribution < -0.4 is 0 Å². The molecule has 3 rings (SSSR count). The third-order valence-corrected chi connectivity index (χ3v) is 4.43. The second-order valence-electron chi connectivity index (χ2n) is 6.12. The normalized spacial score (nSPS) is 19.6. The zero-order valence-electron chi connectivity index (χ0n) is 14.3. The van der Waals surface area contributed by atoms with E-state index in [0.29, 0.717) is 24.8 Å². The summed E-state index contributed by atoms with van der Waals surface area (Å²) < 4.78 is 13.6. The molecule has 0 radical (unpaired) electrons. The van der Waals surface area contributed by atoms with E-state index in [1.54, 1.807) is 24.6 Å². The highest BCUT2D eigenvalue weighted by atomic mass is 19.1. The van der Waals surface area contributed by atoms with Crippen molar-refractivity contribution in [3.05, 3.63) is 70.9 Å². The maximum Gasteiger partial charge on any atom is 0.126 e. The van der Waals surface area contributed by atoms with Crippen molar-refractivity contribution < 1.29 is 4.39 Å². The van der Waals surface area contributed by atoms with Crippen LogP contribution in [0.2, 0.25) is 0 Å². The van der Waals surface area contributed by atoms with Gasteiger partial charge in [-0.3, -0.25) is 9.98 Å². The zero-order chi connectivity index (χ0) is 17.6. The summed E-state index contributed by atoms with van der Waals surface area (Å²) in [4.78, 5) is 7.82. The van der Waals surface area contributed by atoms with Gasteiger partial charge in [-0.1, -0.05) is 19.1 Å². The summed E-state index contributed by atoms with van der Waals surface area (Å²) in [5, 5.41) is 8.60. The molecule has 1 aliphatic rings. The topological polar surface area (TPSA) is 50.5 Å². The lowest BCUT2D eigenvalue weighted by Gasteiger charge is -2.05. The standard InChI is InChI=1S/C20H21FN4/c1-3-14-11-15(5-7-19(14)21)17-12-18(17)20-8-6-16(24-25-20)13-23-10-4-9-22-2/h4-11,17-18H,2-3,12-13H2,1H3/b9-4-,23-10-. The van der Waals surface area contributed by atoms with Crippen LogP contribution in [0.15, 0.2) is 52.6 Å². The Morgan fingerprint density at radius 2 is 2.12 bits per heavy atom. The van der Waals surface area contributed by atoms with Gasteiger partial charge >= 0.3 is 0 Å². The summed E-state index contributed by atoms with van der Waals surface area (Å²) in [6.07, 6.45) is 6.72. The van der Waals surface area contributed by atoms with Gasteiger partial charge in [0, 0.05) is 18.3 Å². The molecular weight excluding hydrogens is 315 g/mol. The Bertz CT molecular complexity index is 796. The van der Waals surface area contributed by atoms with Crippen LogP contribution >= 0.6 is 0 Å². The fourth-order valence-corrected chi connectivity index (χ4v) is 2.95. The fraction of sp³-hybridized carbons (Fsp3) is 0.300. The Morgan fingerprint density at radius 1 is 1.24 bits per heavy atom. The first-order chi connectivity index (χ1) is 12.2. The Balaban J connectivity index is 1.62. The molecular formula is C20H21FN4. The van der Waals surface area contributed by atoms with E-state index in [0.717, 1.165) is 23.4 Å². The fourth-order valence-electron chi connectivity index (χ4n) is 2.95. The number of aliphatic imine (C=N–C) groups is 2. The number of halogens is 1. The maximum atomic E-state index is 13.6. The number of nitrogens with zero attached hydrogens (tertiary/aromatic N) is 4. The quantitative estimate of drug-likeness (QED) is 0.710. The molecule has 1 aromatic carbocycles. The molecule has 0 N–H and O–H groups in total. The van der Waals surface area contributed by atoms with E-state index in [9.17, 15) is 4.39 Å². The number of aromatic nitrogens is 2.